The molecule has 1 N–H and O–H groups in total. The Balaban J connectivity index is 1.92. The average molecular weight is 331 g/mol. The number of nitrogens with one attached hydrogen (secondary N) is 1. The molecule has 0 atom stereocenters. The van der Waals surface area contributed by atoms with E-state index in [0.29, 0.717) is 5.13 Å². The third-order valence-corrected chi connectivity index (χ3v) is 3.76. The van der Waals surface area contributed by atoms with E-state index in [-0.39, 0.29) is 11.3 Å². The summed E-state index contributed by atoms with van der Waals surface area (Å²) < 4.78 is 5.09. The molecule has 0 aliphatic rings. The molecule has 6 heteroatoms. The maximum Gasteiger partial charge on any atom is 0.250 e. The summed E-state index contributed by atoms with van der Waals surface area (Å²) in [6.07, 6.45) is 4.06. The fourth-order valence-electron chi connectivity index (χ4n) is 1.86. The molecule has 0 unspecified atom stereocenters. The second-order valence-electron chi connectivity index (χ2n) is 6.33. The molecule has 23 heavy (non-hydrogen) atoms. The molecule has 0 saturated heterocycles. The van der Waals surface area contributed by atoms with E-state index in [1.165, 1.54) is 17.4 Å². The van der Waals surface area contributed by atoms with Crippen molar-refractivity contribution in [3.63, 3.8) is 0 Å². The molecule has 2 aromatic rings. The first-order valence-corrected chi connectivity index (χ1v) is 8.13. The Labute approximate surface area is 140 Å². The molecule has 1 amide bonds. The zero-order valence-corrected chi connectivity index (χ0v) is 14.6. The number of hydrogen-bond donors (Lipinski definition) is 1. The zero-order valence-electron chi connectivity index (χ0n) is 13.8. The first kappa shape index (κ1) is 17.1. The third kappa shape index (κ3) is 5.83. The van der Waals surface area contributed by atoms with Crippen molar-refractivity contribution in [1.82, 2.24) is 10.2 Å². The van der Waals surface area contributed by atoms with Crippen LogP contribution in [0.4, 0.5) is 5.13 Å². The first-order valence-electron chi connectivity index (χ1n) is 7.31. The van der Waals surface area contributed by atoms with E-state index < -0.39 is 0 Å². The summed E-state index contributed by atoms with van der Waals surface area (Å²) in [4.78, 5) is 11.9. The van der Waals surface area contributed by atoms with Crippen LogP contribution < -0.4 is 10.1 Å². The van der Waals surface area contributed by atoms with Crippen LogP contribution in [-0.2, 0) is 11.2 Å². The van der Waals surface area contributed by atoms with Crippen LogP contribution in [0.25, 0.3) is 6.08 Å². The van der Waals surface area contributed by atoms with Crippen molar-refractivity contribution in [2.75, 3.05) is 12.4 Å². The van der Waals surface area contributed by atoms with Gasteiger partial charge in [-0.05, 0) is 29.2 Å². The molecule has 5 nitrogen and oxygen atoms in total. The van der Waals surface area contributed by atoms with Crippen molar-refractivity contribution < 1.29 is 9.53 Å². The van der Waals surface area contributed by atoms with Gasteiger partial charge >= 0.3 is 0 Å². The number of aromatic nitrogens is 2. The smallest absolute Gasteiger partial charge is 0.250 e. The topological polar surface area (TPSA) is 64.1 Å². The van der Waals surface area contributed by atoms with Crippen LogP contribution in [0.5, 0.6) is 5.75 Å². The van der Waals surface area contributed by atoms with E-state index in [2.05, 4.69) is 36.3 Å². The summed E-state index contributed by atoms with van der Waals surface area (Å²) in [5.41, 5.74) is 1.07. The van der Waals surface area contributed by atoms with Gasteiger partial charge < -0.3 is 4.74 Å². The maximum atomic E-state index is 11.9. The van der Waals surface area contributed by atoms with E-state index in [4.69, 9.17) is 4.74 Å². The van der Waals surface area contributed by atoms with Crippen molar-refractivity contribution in [3.8, 4) is 5.75 Å². The van der Waals surface area contributed by atoms with E-state index in [0.717, 1.165) is 22.7 Å². The minimum Gasteiger partial charge on any atom is -0.497 e. The SMILES string of the molecule is COc1ccc(/C=C/C(=O)Nc2nnc(CC(C)(C)C)s2)cc1. The number of methoxy groups -OCH3 is 1. The summed E-state index contributed by atoms with van der Waals surface area (Å²) in [5.74, 6) is 0.561. The minimum atomic E-state index is -0.223. The zero-order chi connectivity index (χ0) is 16.9. The molecule has 0 aliphatic carbocycles. The van der Waals surface area contributed by atoms with Crippen LogP contribution in [0.1, 0.15) is 31.3 Å². The third-order valence-electron chi connectivity index (χ3n) is 2.92. The molecule has 1 heterocycles. The fraction of sp³-hybridized carbons (Fsp3) is 0.353. The van der Waals surface area contributed by atoms with Crippen molar-refractivity contribution in [1.29, 1.82) is 0 Å². The highest BCUT2D eigenvalue weighted by atomic mass is 32.1. The van der Waals surface area contributed by atoms with Crippen molar-refractivity contribution in [3.05, 3.63) is 40.9 Å². The van der Waals surface area contributed by atoms with Crippen LogP contribution in [-0.4, -0.2) is 23.2 Å². The van der Waals surface area contributed by atoms with Crippen molar-refractivity contribution in [2.24, 2.45) is 5.41 Å². The van der Waals surface area contributed by atoms with E-state index in [1.54, 1.807) is 13.2 Å². The number of carbonyl (C=O) groups is 1. The number of benzene rings is 1. The predicted octanol–water partition coefficient (Wildman–Crippen LogP) is 3.79. The van der Waals surface area contributed by atoms with Gasteiger partial charge in [-0.3, -0.25) is 10.1 Å². The second kappa shape index (κ2) is 7.37. The molecule has 0 aliphatic heterocycles. The normalized spacial score (nSPS) is 11.7. The van der Waals surface area contributed by atoms with E-state index in [1.807, 2.05) is 24.3 Å². The number of ether oxygens (including phenoxy) is 1. The van der Waals surface area contributed by atoms with Gasteiger partial charge in [0.25, 0.3) is 0 Å². The Morgan fingerprint density at radius 1 is 1.26 bits per heavy atom. The van der Waals surface area contributed by atoms with Crippen LogP contribution >= 0.6 is 11.3 Å². The Morgan fingerprint density at radius 3 is 2.57 bits per heavy atom. The fourth-order valence-corrected chi connectivity index (χ4v) is 2.91. The molecular formula is C17H21N3O2S. The predicted molar refractivity (Wildman–Crippen MR) is 93.7 cm³/mol. The molecule has 0 spiro atoms. The highest BCUT2D eigenvalue weighted by Crippen LogP contribution is 2.24. The number of rotatable bonds is 5. The van der Waals surface area contributed by atoms with Crippen LogP contribution in [0.3, 0.4) is 0 Å². The summed E-state index contributed by atoms with van der Waals surface area (Å²) in [6.45, 7) is 6.43. The maximum absolute atomic E-state index is 11.9. The highest BCUT2D eigenvalue weighted by molar-refractivity contribution is 7.15. The number of amides is 1. The van der Waals surface area contributed by atoms with Gasteiger partial charge in [0.05, 0.1) is 7.11 Å². The molecule has 1 aromatic carbocycles. The lowest BCUT2D eigenvalue weighted by Gasteiger charge is -2.14. The average Bonchev–Trinajstić information content (AvgIpc) is 2.90. The monoisotopic (exact) mass is 331 g/mol. The standard InChI is InChI=1S/C17H21N3O2S/c1-17(2,3)11-15-19-20-16(23-15)18-14(21)10-7-12-5-8-13(22-4)9-6-12/h5-10H,11H2,1-4H3,(H,18,20,21)/b10-7+. The van der Waals surface area contributed by atoms with Gasteiger partial charge in [-0.1, -0.05) is 44.2 Å². The van der Waals surface area contributed by atoms with Crippen LogP contribution in [0, 0.1) is 5.41 Å². The van der Waals surface area contributed by atoms with Gasteiger partial charge in [0, 0.05) is 12.5 Å². The molecule has 0 fully saturated rings. The Kier molecular flexibility index (Phi) is 5.50. The summed E-state index contributed by atoms with van der Waals surface area (Å²) in [7, 11) is 1.62. The van der Waals surface area contributed by atoms with Gasteiger partial charge in [0.1, 0.15) is 10.8 Å². The molecule has 122 valence electrons. The molecular weight excluding hydrogens is 310 g/mol. The molecule has 0 bridgehead atoms. The number of nitrogens with zero attached hydrogens (tertiary/aromatic N) is 2. The van der Waals surface area contributed by atoms with Crippen molar-refractivity contribution >= 4 is 28.5 Å². The quantitative estimate of drug-likeness (QED) is 0.847. The lowest BCUT2D eigenvalue weighted by molar-refractivity contribution is -0.111. The Morgan fingerprint density at radius 2 is 1.96 bits per heavy atom. The molecule has 0 radical (unpaired) electrons. The Bertz CT molecular complexity index is 685. The molecule has 0 saturated carbocycles. The molecule has 2 rings (SSSR count). The Hall–Kier alpha value is -2.21. The first-order chi connectivity index (χ1) is 10.9. The van der Waals surface area contributed by atoms with Gasteiger partial charge in [0.2, 0.25) is 11.0 Å². The summed E-state index contributed by atoms with van der Waals surface area (Å²) >= 11 is 1.41. The lowest BCUT2D eigenvalue weighted by Crippen LogP contribution is -2.08. The van der Waals surface area contributed by atoms with Crippen molar-refractivity contribution in [2.45, 2.75) is 27.2 Å². The number of carbonyl (C=O) groups excluding carboxylic acids is 1. The van der Waals surface area contributed by atoms with Crippen LogP contribution in [0.15, 0.2) is 30.3 Å². The largest absolute Gasteiger partial charge is 0.497 e. The lowest BCUT2D eigenvalue weighted by atomic mass is 9.93. The van der Waals surface area contributed by atoms with Gasteiger partial charge in [-0.25, -0.2) is 0 Å². The highest BCUT2D eigenvalue weighted by Gasteiger charge is 2.15. The minimum absolute atomic E-state index is 0.148. The summed E-state index contributed by atoms with van der Waals surface area (Å²) in [6, 6.07) is 7.46. The molecule has 1 aromatic heterocycles. The van der Waals surface area contributed by atoms with E-state index >= 15 is 0 Å². The van der Waals surface area contributed by atoms with E-state index in [9.17, 15) is 4.79 Å². The van der Waals surface area contributed by atoms with Crippen LogP contribution in [0.2, 0.25) is 0 Å². The second-order valence-corrected chi connectivity index (χ2v) is 7.40. The number of hydrogen-bond acceptors (Lipinski definition) is 5. The van der Waals surface area contributed by atoms with Gasteiger partial charge in [-0.2, -0.15) is 0 Å². The number of anilines is 1. The van der Waals surface area contributed by atoms with Gasteiger partial charge in [0.15, 0.2) is 0 Å². The van der Waals surface area contributed by atoms with Gasteiger partial charge in [-0.15, -0.1) is 10.2 Å². The summed E-state index contributed by atoms with van der Waals surface area (Å²) in [5, 5.41) is 12.3.